The SMILES string of the molecule is COc1cc(-c2ccc(C(=O)Oc3cccc(C[C@H](C)C(=O)O)c3)cc2CN(C[C@H](O)[C@@H](O)[C@H](O)[C@H](O)CO)C(C)C)c(F)cn1. The summed E-state index contributed by atoms with van der Waals surface area (Å²) in [6.07, 6.45) is -5.58. The largest absolute Gasteiger partial charge is 0.481 e. The first-order valence-corrected chi connectivity index (χ1v) is 14.7. The minimum Gasteiger partial charge on any atom is -0.481 e. The molecule has 5 atom stereocenters. The van der Waals surface area contributed by atoms with Gasteiger partial charge in [-0.25, -0.2) is 14.2 Å². The molecule has 0 amide bonds. The van der Waals surface area contributed by atoms with Crippen molar-refractivity contribution in [2.75, 3.05) is 20.3 Å². The summed E-state index contributed by atoms with van der Waals surface area (Å²) in [5.74, 6) is -2.61. The molecule has 3 rings (SSSR count). The van der Waals surface area contributed by atoms with Gasteiger partial charge in [-0.15, -0.1) is 0 Å². The molecule has 2 aromatic carbocycles. The van der Waals surface area contributed by atoms with E-state index in [4.69, 9.17) is 14.6 Å². The van der Waals surface area contributed by atoms with E-state index in [-0.39, 0.29) is 48.3 Å². The second kappa shape index (κ2) is 16.5. The summed E-state index contributed by atoms with van der Waals surface area (Å²) < 4.78 is 25.9. The number of benzene rings is 2. The van der Waals surface area contributed by atoms with Crippen LogP contribution < -0.4 is 9.47 Å². The Morgan fingerprint density at radius 3 is 2.28 bits per heavy atom. The quantitative estimate of drug-likeness (QED) is 0.0985. The molecule has 0 saturated carbocycles. The van der Waals surface area contributed by atoms with Gasteiger partial charge in [-0.3, -0.25) is 9.69 Å². The van der Waals surface area contributed by atoms with E-state index in [2.05, 4.69) is 4.98 Å². The summed E-state index contributed by atoms with van der Waals surface area (Å²) in [5.41, 5.74) is 1.75. The number of nitrogens with zero attached hydrogens (tertiary/aromatic N) is 2. The zero-order valence-electron chi connectivity index (χ0n) is 26.1. The molecule has 12 nitrogen and oxygen atoms in total. The van der Waals surface area contributed by atoms with Gasteiger partial charge in [0.15, 0.2) is 0 Å². The van der Waals surface area contributed by atoms with Crippen molar-refractivity contribution in [3.8, 4) is 22.8 Å². The first-order valence-electron chi connectivity index (χ1n) is 14.7. The Labute approximate surface area is 266 Å². The van der Waals surface area contributed by atoms with E-state index in [0.29, 0.717) is 16.7 Å². The summed E-state index contributed by atoms with van der Waals surface area (Å²) >= 11 is 0. The molecule has 3 aromatic rings. The molecule has 0 bridgehead atoms. The number of ether oxygens (including phenoxy) is 2. The predicted octanol–water partition coefficient (Wildman–Crippen LogP) is 2.02. The van der Waals surface area contributed by atoms with Gasteiger partial charge in [0, 0.05) is 30.8 Å². The molecule has 0 spiro atoms. The molecule has 0 aliphatic rings. The summed E-state index contributed by atoms with van der Waals surface area (Å²) in [5, 5.41) is 59.3. The van der Waals surface area contributed by atoms with E-state index in [1.54, 1.807) is 42.2 Å². The number of halogens is 1. The molecule has 0 aliphatic heterocycles. The number of aromatic nitrogens is 1. The van der Waals surface area contributed by atoms with Crippen LogP contribution in [0.3, 0.4) is 0 Å². The number of carboxylic acids is 1. The number of carboxylic acid groups (broad SMARTS) is 1. The minimum atomic E-state index is -1.81. The third-order valence-electron chi connectivity index (χ3n) is 7.59. The van der Waals surface area contributed by atoms with Crippen molar-refractivity contribution in [2.24, 2.45) is 5.92 Å². The zero-order valence-corrected chi connectivity index (χ0v) is 26.1. The first kappa shape index (κ1) is 36.5. The monoisotopic (exact) mass is 644 g/mol. The van der Waals surface area contributed by atoms with Crippen LogP contribution in [-0.4, -0.2) is 103 Å². The number of aliphatic carboxylic acids is 1. The van der Waals surface area contributed by atoms with Crippen molar-refractivity contribution < 1.29 is 54.1 Å². The van der Waals surface area contributed by atoms with Crippen molar-refractivity contribution >= 4 is 11.9 Å². The fourth-order valence-corrected chi connectivity index (χ4v) is 4.78. The Bertz CT molecular complexity index is 1490. The lowest BCUT2D eigenvalue weighted by Gasteiger charge is -2.33. The molecule has 1 aromatic heterocycles. The normalized spacial score (nSPS) is 14.9. The number of aliphatic hydroxyl groups is 5. The van der Waals surface area contributed by atoms with Crippen LogP contribution in [0.5, 0.6) is 11.6 Å². The highest BCUT2D eigenvalue weighted by atomic mass is 19.1. The zero-order chi connectivity index (χ0) is 34.1. The van der Waals surface area contributed by atoms with Crippen molar-refractivity contribution in [3.63, 3.8) is 0 Å². The number of aliphatic hydroxyl groups excluding tert-OH is 5. The molecule has 0 unspecified atom stereocenters. The highest BCUT2D eigenvalue weighted by molar-refractivity contribution is 5.92. The molecular weight excluding hydrogens is 603 g/mol. The third kappa shape index (κ3) is 9.52. The van der Waals surface area contributed by atoms with Crippen LogP contribution >= 0.6 is 0 Å². The van der Waals surface area contributed by atoms with Gasteiger partial charge in [0.1, 0.15) is 29.9 Å². The van der Waals surface area contributed by atoms with E-state index in [0.717, 1.165) is 6.20 Å². The van der Waals surface area contributed by atoms with E-state index in [1.807, 2.05) is 13.8 Å². The summed E-state index contributed by atoms with van der Waals surface area (Å²) in [4.78, 5) is 30.2. The Kier molecular flexibility index (Phi) is 13.1. The van der Waals surface area contributed by atoms with Crippen LogP contribution in [0.1, 0.15) is 42.3 Å². The molecule has 0 radical (unpaired) electrons. The average Bonchev–Trinajstić information content (AvgIpc) is 3.03. The van der Waals surface area contributed by atoms with Gasteiger partial charge >= 0.3 is 11.9 Å². The topological polar surface area (TPSA) is 190 Å². The number of esters is 1. The van der Waals surface area contributed by atoms with Gasteiger partial charge in [0.2, 0.25) is 5.88 Å². The van der Waals surface area contributed by atoms with Gasteiger partial charge in [0.05, 0.1) is 37.5 Å². The number of hydrogen-bond donors (Lipinski definition) is 6. The maximum Gasteiger partial charge on any atom is 0.343 e. The van der Waals surface area contributed by atoms with Gasteiger partial charge in [-0.2, -0.15) is 0 Å². The number of carbonyl (C=O) groups is 2. The van der Waals surface area contributed by atoms with E-state index in [9.17, 15) is 35.1 Å². The number of hydrogen-bond acceptors (Lipinski definition) is 11. The highest BCUT2D eigenvalue weighted by Gasteiger charge is 2.32. The van der Waals surface area contributed by atoms with Gasteiger partial charge in [0.25, 0.3) is 0 Å². The van der Waals surface area contributed by atoms with Crippen LogP contribution in [0.15, 0.2) is 54.7 Å². The first-order chi connectivity index (χ1) is 21.7. The van der Waals surface area contributed by atoms with Crippen LogP contribution in [-0.2, 0) is 17.8 Å². The second-order valence-corrected chi connectivity index (χ2v) is 11.4. The fourth-order valence-electron chi connectivity index (χ4n) is 4.78. The van der Waals surface area contributed by atoms with Crippen molar-refractivity contribution in [1.29, 1.82) is 0 Å². The smallest absolute Gasteiger partial charge is 0.343 e. The molecule has 0 fully saturated rings. The Balaban J connectivity index is 1.98. The van der Waals surface area contributed by atoms with E-state index in [1.165, 1.54) is 25.3 Å². The summed E-state index contributed by atoms with van der Waals surface area (Å²) in [7, 11) is 1.39. The molecule has 250 valence electrons. The van der Waals surface area contributed by atoms with Crippen molar-refractivity contribution in [2.45, 2.75) is 64.2 Å². The Morgan fingerprint density at radius 2 is 1.65 bits per heavy atom. The Morgan fingerprint density at radius 1 is 0.957 bits per heavy atom. The molecular formula is C33H41FN2O10. The van der Waals surface area contributed by atoms with E-state index < -0.39 is 54.7 Å². The van der Waals surface area contributed by atoms with Crippen LogP contribution in [0.25, 0.3) is 11.1 Å². The standard InChI is InChI=1S/C33H41FN2O10/c1-18(2)36(16-27(38)30(40)31(41)28(39)17-37)15-22-12-21(8-9-24(22)25-13-29(45-4)35-14-26(25)34)33(44)46-23-7-5-6-20(11-23)10-19(3)32(42)43/h5-9,11-14,18-19,27-28,30-31,37-41H,10,15-17H2,1-4H3,(H,42,43)/t19-,27-,28+,30+,31+/m0/s1. The molecule has 46 heavy (non-hydrogen) atoms. The van der Waals surface area contributed by atoms with Gasteiger partial charge in [-0.05, 0) is 61.2 Å². The number of rotatable bonds is 16. The lowest BCUT2D eigenvalue weighted by Crippen LogP contribution is -2.50. The summed E-state index contributed by atoms with van der Waals surface area (Å²) in [6, 6.07) is 12.2. The Hall–Kier alpha value is -3.98. The fraction of sp³-hybridized carbons (Fsp3) is 0.424. The minimum absolute atomic E-state index is 0.0309. The van der Waals surface area contributed by atoms with Crippen LogP contribution in [0.2, 0.25) is 0 Å². The van der Waals surface area contributed by atoms with Crippen molar-refractivity contribution in [3.05, 3.63) is 77.2 Å². The summed E-state index contributed by atoms with van der Waals surface area (Å²) in [6.45, 7) is 4.20. The van der Waals surface area contributed by atoms with Gasteiger partial charge in [-0.1, -0.05) is 25.1 Å². The molecule has 13 heteroatoms. The van der Waals surface area contributed by atoms with Gasteiger partial charge < -0.3 is 40.1 Å². The number of carbonyl (C=O) groups excluding carboxylic acids is 1. The van der Waals surface area contributed by atoms with Crippen LogP contribution in [0, 0.1) is 11.7 Å². The molecule has 6 N–H and O–H groups in total. The lowest BCUT2D eigenvalue weighted by atomic mass is 9.96. The molecule has 0 saturated heterocycles. The maximum absolute atomic E-state index is 15.1. The van der Waals surface area contributed by atoms with Crippen LogP contribution in [0.4, 0.5) is 4.39 Å². The van der Waals surface area contributed by atoms with E-state index >= 15 is 4.39 Å². The lowest BCUT2D eigenvalue weighted by molar-refractivity contribution is -0.141. The number of pyridine rings is 1. The number of methoxy groups -OCH3 is 1. The average molecular weight is 645 g/mol. The molecule has 0 aliphatic carbocycles. The predicted molar refractivity (Wildman–Crippen MR) is 165 cm³/mol. The van der Waals surface area contributed by atoms with Crippen molar-refractivity contribution in [1.82, 2.24) is 9.88 Å². The maximum atomic E-state index is 15.1. The second-order valence-electron chi connectivity index (χ2n) is 11.4. The third-order valence-corrected chi connectivity index (χ3v) is 7.59. The highest BCUT2D eigenvalue weighted by Crippen LogP contribution is 2.31. The molecule has 1 heterocycles.